The molecule has 0 aromatic heterocycles. The Labute approximate surface area is 128 Å². The second kappa shape index (κ2) is 5.62. The van der Waals surface area contributed by atoms with Crippen LogP contribution in [0.4, 0.5) is 0 Å². The van der Waals surface area contributed by atoms with Crippen molar-refractivity contribution in [1.29, 1.82) is 0 Å². The highest BCUT2D eigenvalue weighted by atomic mass is 16.3. The Hall–Kier alpha value is -1.06. The summed E-state index contributed by atoms with van der Waals surface area (Å²) in [6.07, 6.45) is 4.07. The van der Waals surface area contributed by atoms with E-state index in [1.54, 1.807) is 0 Å². The monoisotopic (exact) mass is 288 g/mol. The minimum Gasteiger partial charge on any atom is -0.508 e. The zero-order valence-corrected chi connectivity index (χ0v) is 13.7. The van der Waals surface area contributed by atoms with Crippen LogP contribution in [-0.4, -0.2) is 48.1 Å². The van der Waals surface area contributed by atoms with Crippen molar-refractivity contribution in [2.75, 3.05) is 33.2 Å². The summed E-state index contributed by atoms with van der Waals surface area (Å²) in [7, 11) is 2.25. The molecule has 3 nitrogen and oxygen atoms in total. The van der Waals surface area contributed by atoms with Gasteiger partial charge in [0, 0.05) is 19.6 Å². The molecule has 1 spiro atoms. The summed E-state index contributed by atoms with van der Waals surface area (Å²) in [6, 6.07) is 3.79. The normalized spacial score (nSPS) is 27.6. The van der Waals surface area contributed by atoms with Gasteiger partial charge in [-0.2, -0.15) is 0 Å². The van der Waals surface area contributed by atoms with Crippen molar-refractivity contribution in [1.82, 2.24) is 9.80 Å². The third-order valence-electron chi connectivity index (χ3n) is 5.43. The Balaban J connectivity index is 1.73. The van der Waals surface area contributed by atoms with Gasteiger partial charge in [0.25, 0.3) is 0 Å². The molecule has 116 valence electrons. The van der Waals surface area contributed by atoms with Gasteiger partial charge >= 0.3 is 0 Å². The summed E-state index contributed by atoms with van der Waals surface area (Å²) in [6.45, 7) is 10.2. The average molecular weight is 288 g/mol. The number of phenolic OH excluding ortho intramolecular Hbond substituents is 1. The van der Waals surface area contributed by atoms with Gasteiger partial charge in [-0.15, -0.1) is 0 Å². The summed E-state index contributed by atoms with van der Waals surface area (Å²) < 4.78 is 0. The number of likely N-dealkylation sites (tertiary alicyclic amines) is 2. The number of hydrogen-bond donors (Lipinski definition) is 1. The first-order valence-corrected chi connectivity index (χ1v) is 8.17. The summed E-state index contributed by atoms with van der Waals surface area (Å²) in [5.74, 6) is 0.390. The van der Waals surface area contributed by atoms with E-state index in [9.17, 15) is 5.11 Å². The molecule has 0 aliphatic carbocycles. The molecule has 3 heteroatoms. The predicted molar refractivity (Wildman–Crippen MR) is 86.6 cm³/mol. The molecule has 1 atom stereocenters. The number of aryl methyl sites for hydroxylation is 2. The first kappa shape index (κ1) is 14.9. The average Bonchev–Trinajstić information content (AvgIpc) is 2.75. The number of piperidine rings is 1. The highest BCUT2D eigenvalue weighted by molar-refractivity contribution is 5.40. The Morgan fingerprint density at radius 1 is 1.10 bits per heavy atom. The third-order valence-corrected chi connectivity index (χ3v) is 5.43. The van der Waals surface area contributed by atoms with Gasteiger partial charge in [0.2, 0.25) is 0 Å². The maximum atomic E-state index is 9.70. The van der Waals surface area contributed by atoms with Crippen molar-refractivity contribution in [3.8, 4) is 5.75 Å². The smallest absolute Gasteiger partial charge is 0.116 e. The van der Waals surface area contributed by atoms with Crippen molar-refractivity contribution >= 4 is 0 Å². The topological polar surface area (TPSA) is 26.7 Å². The molecular formula is C18H28N2O. The van der Waals surface area contributed by atoms with Crippen molar-refractivity contribution in [2.45, 2.75) is 39.7 Å². The van der Waals surface area contributed by atoms with Crippen LogP contribution in [-0.2, 0) is 6.54 Å². The number of phenols is 1. The Morgan fingerprint density at radius 2 is 1.81 bits per heavy atom. The van der Waals surface area contributed by atoms with E-state index in [1.807, 2.05) is 12.1 Å². The second-order valence-corrected chi connectivity index (χ2v) is 7.36. The van der Waals surface area contributed by atoms with Crippen LogP contribution in [0.5, 0.6) is 5.75 Å². The minimum absolute atomic E-state index is 0.390. The molecule has 0 radical (unpaired) electrons. The highest BCUT2D eigenvalue weighted by Gasteiger charge is 2.40. The summed E-state index contributed by atoms with van der Waals surface area (Å²) in [4.78, 5) is 5.12. The maximum absolute atomic E-state index is 9.70. The quantitative estimate of drug-likeness (QED) is 0.906. The molecule has 2 heterocycles. The molecule has 2 saturated heterocycles. The summed E-state index contributed by atoms with van der Waals surface area (Å²) in [5.41, 5.74) is 4.37. The lowest BCUT2D eigenvalue weighted by molar-refractivity contribution is 0.0897. The fourth-order valence-electron chi connectivity index (χ4n) is 4.38. The second-order valence-electron chi connectivity index (χ2n) is 7.36. The lowest BCUT2D eigenvalue weighted by Gasteiger charge is -2.40. The fourth-order valence-corrected chi connectivity index (χ4v) is 4.38. The molecule has 2 aliphatic heterocycles. The van der Waals surface area contributed by atoms with E-state index in [-0.39, 0.29) is 0 Å². The van der Waals surface area contributed by atoms with Crippen LogP contribution in [0.3, 0.4) is 0 Å². The number of aromatic hydroxyl groups is 1. The molecule has 2 fully saturated rings. The largest absolute Gasteiger partial charge is 0.508 e. The molecule has 0 bridgehead atoms. The standard InChI is InChI=1S/C18H28N2O/c1-14-9-16(21)10-15(2)17(14)11-20-7-4-5-18(13-20)6-8-19(3)12-18/h9-10,21H,4-8,11-13H2,1-3H3. The van der Waals surface area contributed by atoms with Crippen molar-refractivity contribution in [3.05, 3.63) is 28.8 Å². The number of nitrogens with zero attached hydrogens (tertiary/aromatic N) is 2. The van der Waals surface area contributed by atoms with Gasteiger partial charge in [-0.05, 0) is 87.5 Å². The molecule has 0 saturated carbocycles. The first-order chi connectivity index (χ1) is 9.97. The van der Waals surface area contributed by atoms with Gasteiger partial charge in [0.1, 0.15) is 5.75 Å². The van der Waals surface area contributed by atoms with Crippen LogP contribution in [0.2, 0.25) is 0 Å². The molecule has 1 aromatic rings. The first-order valence-electron chi connectivity index (χ1n) is 8.17. The number of rotatable bonds is 2. The van der Waals surface area contributed by atoms with Gasteiger partial charge in [0.15, 0.2) is 0 Å². The van der Waals surface area contributed by atoms with Gasteiger partial charge in [-0.25, -0.2) is 0 Å². The van der Waals surface area contributed by atoms with E-state index in [4.69, 9.17) is 0 Å². The predicted octanol–water partition coefficient (Wildman–Crippen LogP) is 2.93. The Kier molecular flexibility index (Phi) is 3.98. The summed E-state index contributed by atoms with van der Waals surface area (Å²) in [5, 5.41) is 9.70. The third kappa shape index (κ3) is 3.09. The van der Waals surface area contributed by atoms with E-state index < -0.39 is 0 Å². The van der Waals surface area contributed by atoms with Crippen molar-refractivity contribution in [3.63, 3.8) is 0 Å². The molecule has 1 N–H and O–H groups in total. The lowest BCUT2D eigenvalue weighted by atomic mass is 9.79. The molecule has 1 unspecified atom stereocenters. The van der Waals surface area contributed by atoms with Gasteiger partial charge in [-0.1, -0.05) is 0 Å². The van der Waals surface area contributed by atoms with Crippen LogP contribution < -0.4 is 0 Å². The zero-order chi connectivity index (χ0) is 15.0. The SMILES string of the molecule is Cc1cc(O)cc(C)c1CN1CCCC2(CCN(C)C2)C1. The van der Waals surface area contributed by atoms with Crippen molar-refractivity contribution < 1.29 is 5.11 Å². The van der Waals surface area contributed by atoms with Crippen LogP contribution in [0, 0.1) is 19.3 Å². The van der Waals surface area contributed by atoms with E-state index in [0.29, 0.717) is 11.2 Å². The molecule has 1 aromatic carbocycles. The Bertz CT molecular complexity index is 501. The fraction of sp³-hybridized carbons (Fsp3) is 0.667. The van der Waals surface area contributed by atoms with E-state index in [1.165, 1.54) is 62.1 Å². The maximum Gasteiger partial charge on any atom is 0.116 e. The molecule has 21 heavy (non-hydrogen) atoms. The molecule has 0 amide bonds. The zero-order valence-electron chi connectivity index (χ0n) is 13.7. The van der Waals surface area contributed by atoms with E-state index >= 15 is 0 Å². The van der Waals surface area contributed by atoms with Gasteiger partial charge in [-0.3, -0.25) is 4.90 Å². The summed E-state index contributed by atoms with van der Waals surface area (Å²) >= 11 is 0. The molecular weight excluding hydrogens is 260 g/mol. The van der Waals surface area contributed by atoms with Crippen LogP contribution >= 0.6 is 0 Å². The highest BCUT2D eigenvalue weighted by Crippen LogP contribution is 2.39. The van der Waals surface area contributed by atoms with Crippen LogP contribution in [0.15, 0.2) is 12.1 Å². The molecule has 3 rings (SSSR count). The minimum atomic E-state index is 0.390. The van der Waals surface area contributed by atoms with E-state index in [2.05, 4.69) is 30.7 Å². The Morgan fingerprint density at radius 3 is 2.43 bits per heavy atom. The lowest BCUT2D eigenvalue weighted by Crippen LogP contribution is -2.44. The van der Waals surface area contributed by atoms with Crippen LogP contribution in [0.1, 0.15) is 36.0 Å². The van der Waals surface area contributed by atoms with E-state index in [0.717, 1.165) is 6.54 Å². The number of benzene rings is 1. The number of hydrogen-bond acceptors (Lipinski definition) is 3. The van der Waals surface area contributed by atoms with Gasteiger partial charge in [0.05, 0.1) is 0 Å². The van der Waals surface area contributed by atoms with Crippen LogP contribution in [0.25, 0.3) is 0 Å². The van der Waals surface area contributed by atoms with Gasteiger partial charge < -0.3 is 10.0 Å². The van der Waals surface area contributed by atoms with Crippen molar-refractivity contribution in [2.24, 2.45) is 5.41 Å². The molecule has 2 aliphatic rings.